The molecule has 1 aromatic carbocycles. The summed E-state index contributed by atoms with van der Waals surface area (Å²) in [6.45, 7) is 1.78. The number of benzene rings is 1. The second-order valence-electron chi connectivity index (χ2n) is 6.70. The number of aryl methyl sites for hydroxylation is 2. The van der Waals surface area contributed by atoms with E-state index in [1.807, 2.05) is 6.07 Å². The summed E-state index contributed by atoms with van der Waals surface area (Å²) in [5, 5.41) is 12.8. The number of nitrogens with one attached hydrogen (secondary N) is 1. The Balaban J connectivity index is 1.78. The van der Waals surface area contributed by atoms with Gasteiger partial charge in [0.2, 0.25) is 5.91 Å². The molecule has 1 N–H and O–H groups in total. The van der Waals surface area contributed by atoms with Gasteiger partial charge in [-0.2, -0.15) is 5.26 Å². The molecular weight excluding hydrogens is 410 g/mol. The highest BCUT2D eigenvalue weighted by molar-refractivity contribution is 8.00. The maximum Gasteiger partial charge on any atom is 0.237 e. The number of hydrogen-bond donors (Lipinski definition) is 1. The molecule has 1 atom stereocenters. The molecule has 0 bridgehead atoms. The third-order valence-electron chi connectivity index (χ3n) is 4.78. The third-order valence-corrected chi connectivity index (χ3v) is 6.17. The summed E-state index contributed by atoms with van der Waals surface area (Å²) in [5.41, 5.74) is 3.15. The number of rotatable bonds is 6. The zero-order valence-corrected chi connectivity index (χ0v) is 18.1. The maximum atomic E-state index is 12.8. The fraction of sp³-hybridized carbons (Fsp3) is 0.381. The standard InChI is InChI=1S/C21H22ClN3O3S/c1-12(20(26)24-17-9-15(22)18(27-2)10-19(17)28-3)29-21-14(11-23)8-13-6-4-5-7-16(13)25-21/h8-10,12H,4-7H2,1-3H3,(H,24,26). The van der Waals surface area contributed by atoms with Gasteiger partial charge in [0.1, 0.15) is 22.6 Å². The number of anilines is 1. The van der Waals surface area contributed by atoms with Gasteiger partial charge in [-0.05, 0) is 50.3 Å². The van der Waals surface area contributed by atoms with Crippen molar-refractivity contribution in [2.75, 3.05) is 19.5 Å². The number of carbonyl (C=O) groups is 1. The van der Waals surface area contributed by atoms with Crippen LogP contribution in [0.2, 0.25) is 5.02 Å². The molecule has 1 aliphatic carbocycles. The smallest absolute Gasteiger partial charge is 0.237 e. The summed E-state index contributed by atoms with van der Waals surface area (Å²) in [6.07, 6.45) is 4.09. The van der Waals surface area contributed by atoms with Crippen molar-refractivity contribution in [3.05, 3.63) is 40.0 Å². The number of fused-ring (bicyclic) bond motifs is 1. The molecule has 1 amide bonds. The van der Waals surface area contributed by atoms with E-state index in [1.165, 1.54) is 26.0 Å². The minimum Gasteiger partial charge on any atom is -0.495 e. The molecule has 0 saturated heterocycles. The molecule has 3 rings (SSSR count). The van der Waals surface area contributed by atoms with Gasteiger partial charge in [-0.1, -0.05) is 23.4 Å². The zero-order valence-electron chi connectivity index (χ0n) is 16.5. The Morgan fingerprint density at radius 2 is 1.97 bits per heavy atom. The lowest BCUT2D eigenvalue weighted by atomic mass is 9.95. The minimum absolute atomic E-state index is 0.238. The molecule has 29 heavy (non-hydrogen) atoms. The number of thioether (sulfide) groups is 1. The highest BCUT2D eigenvalue weighted by atomic mass is 35.5. The third kappa shape index (κ3) is 4.77. The molecule has 0 aliphatic heterocycles. The van der Waals surface area contributed by atoms with Crippen LogP contribution in [0.15, 0.2) is 23.2 Å². The monoisotopic (exact) mass is 431 g/mol. The highest BCUT2D eigenvalue weighted by Gasteiger charge is 2.22. The molecule has 1 heterocycles. The van der Waals surface area contributed by atoms with Crippen LogP contribution in [0.1, 0.15) is 36.6 Å². The van der Waals surface area contributed by atoms with Crippen molar-refractivity contribution in [2.45, 2.75) is 42.9 Å². The Bertz CT molecular complexity index is 975. The number of hydrogen-bond acceptors (Lipinski definition) is 6. The fourth-order valence-electron chi connectivity index (χ4n) is 3.20. The van der Waals surface area contributed by atoms with Crippen molar-refractivity contribution in [1.29, 1.82) is 5.26 Å². The van der Waals surface area contributed by atoms with E-state index >= 15 is 0 Å². The summed E-state index contributed by atoms with van der Waals surface area (Å²) >= 11 is 7.45. The van der Waals surface area contributed by atoms with Crippen LogP contribution in [-0.2, 0) is 17.6 Å². The predicted octanol–water partition coefficient (Wildman–Crippen LogP) is 4.62. The second-order valence-corrected chi connectivity index (χ2v) is 8.44. The largest absolute Gasteiger partial charge is 0.495 e. The van der Waals surface area contributed by atoms with Crippen LogP contribution in [-0.4, -0.2) is 30.4 Å². The van der Waals surface area contributed by atoms with Gasteiger partial charge < -0.3 is 14.8 Å². The van der Waals surface area contributed by atoms with E-state index in [0.717, 1.165) is 36.9 Å². The van der Waals surface area contributed by atoms with Crippen LogP contribution in [0, 0.1) is 11.3 Å². The number of halogens is 1. The van der Waals surface area contributed by atoms with Gasteiger partial charge in [0.25, 0.3) is 0 Å². The van der Waals surface area contributed by atoms with Crippen molar-refractivity contribution in [3.63, 3.8) is 0 Å². The molecule has 2 aromatic rings. The molecule has 1 unspecified atom stereocenters. The Labute approximate surface area is 179 Å². The molecule has 6 nitrogen and oxygen atoms in total. The quantitative estimate of drug-likeness (QED) is 0.671. The number of ether oxygens (including phenoxy) is 2. The highest BCUT2D eigenvalue weighted by Crippen LogP contribution is 2.36. The second kappa shape index (κ2) is 9.38. The van der Waals surface area contributed by atoms with E-state index in [2.05, 4.69) is 16.4 Å². The Hall–Kier alpha value is -2.43. The van der Waals surface area contributed by atoms with Crippen LogP contribution < -0.4 is 14.8 Å². The molecule has 0 radical (unpaired) electrons. The molecular formula is C21H22ClN3O3S. The van der Waals surface area contributed by atoms with E-state index in [0.29, 0.717) is 32.8 Å². The lowest BCUT2D eigenvalue weighted by Gasteiger charge is -2.18. The van der Waals surface area contributed by atoms with E-state index in [4.69, 9.17) is 21.1 Å². The van der Waals surface area contributed by atoms with Gasteiger partial charge in [-0.3, -0.25) is 4.79 Å². The summed E-state index contributed by atoms with van der Waals surface area (Å²) in [6, 6.07) is 7.34. The summed E-state index contributed by atoms with van der Waals surface area (Å²) < 4.78 is 10.5. The predicted molar refractivity (Wildman–Crippen MR) is 114 cm³/mol. The van der Waals surface area contributed by atoms with Crippen LogP contribution in [0.4, 0.5) is 5.69 Å². The lowest BCUT2D eigenvalue weighted by Crippen LogP contribution is -2.23. The Morgan fingerprint density at radius 3 is 2.66 bits per heavy atom. The van der Waals surface area contributed by atoms with E-state index in [9.17, 15) is 10.1 Å². The van der Waals surface area contributed by atoms with Crippen LogP contribution in [0.3, 0.4) is 0 Å². The summed E-state index contributed by atoms with van der Waals surface area (Å²) in [7, 11) is 3.02. The van der Waals surface area contributed by atoms with E-state index in [-0.39, 0.29) is 5.91 Å². The Kier molecular flexibility index (Phi) is 6.88. The van der Waals surface area contributed by atoms with Crippen molar-refractivity contribution >= 4 is 35.0 Å². The number of aromatic nitrogens is 1. The number of nitrogens with zero attached hydrogens (tertiary/aromatic N) is 2. The van der Waals surface area contributed by atoms with Gasteiger partial charge in [0.05, 0.1) is 35.7 Å². The van der Waals surface area contributed by atoms with Crippen molar-refractivity contribution < 1.29 is 14.3 Å². The number of methoxy groups -OCH3 is 2. The average molecular weight is 432 g/mol. The van der Waals surface area contributed by atoms with Crippen molar-refractivity contribution in [2.24, 2.45) is 0 Å². The summed E-state index contributed by atoms with van der Waals surface area (Å²) in [5.74, 6) is 0.667. The molecule has 1 aromatic heterocycles. The van der Waals surface area contributed by atoms with Crippen LogP contribution in [0.25, 0.3) is 0 Å². The minimum atomic E-state index is -0.471. The van der Waals surface area contributed by atoms with Crippen molar-refractivity contribution in [1.82, 2.24) is 4.98 Å². The first kappa shape index (κ1) is 21.3. The number of carbonyl (C=O) groups excluding carboxylic acids is 1. The normalized spacial score (nSPS) is 13.8. The lowest BCUT2D eigenvalue weighted by molar-refractivity contribution is -0.115. The van der Waals surface area contributed by atoms with Gasteiger partial charge >= 0.3 is 0 Å². The molecule has 0 fully saturated rings. The van der Waals surface area contributed by atoms with Crippen LogP contribution in [0.5, 0.6) is 11.5 Å². The average Bonchev–Trinajstić information content (AvgIpc) is 2.73. The Morgan fingerprint density at radius 1 is 1.24 bits per heavy atom. The molecule has 152 valence electrons. The van der Waals surface area contributed by atoms with Gasteiger partial charge in [-0.25, -0.2) is 4.98 Å². The first-order valence-corrected chi connectivity index (χ1v) is 10.5. The number of pyridine rings is 1. The molecule has 0 saturated carbocycles. The molecule has 8 heteroatoms. The number of nitriles is 1. The first-order valence-electron chi connectivity index (χ1n) is 9.28. The molecule has 1 aliphatic rings. The molecule has 0 spiro atoms. The topological polar surface area (TPSA) is 84.2 Å². The fourth-order valence-corrected chi connectivity index (χ4v) is 4.33. The van der Waals surface area contributed by atoms with E-state index in [1.54, 1.807) is 19.1 Å². The summed E-state index contributed by atoms with van der Waals surface area (Å²) in [4.78, 5) is 17.4. The van der Waals surface area contributed by atoms with Gasteiger partial charge in [0, 0.05) is 11.8 Å². The maximum absolute atomic E-state index is 12.8. The van der Waals surface area contributed by atoms with Crippen molar-refractivity contribution in [3.8, 4) is 17.6 Å². The first-order chi connectivity index (χ1) is 14.0. The van der Waals surface area contributed by atoms with Gasteiger partial charge in [0.15, 0.2) is 0 Å². The zero-order chi connectivity index (χ0) is 21.0. The van der Waals surface area contributed by atoms with E-state index < -0.39 is 5.25 Å². The SMILES string of the molecule is COc1cc(OC)c(NC(=O)C(C)Sc2nc3c(cc2C#N)CCCC3)cc1Cl. The number of amides is 1. The van der Waals surface area contributed by atoms with Crippen LogP contribution >= 0.6 is 23.4 Å². The van der Waals surface area contributed by atoms with Gasteiger partial charge in [-0.15, -0.1) is 0 Å².